The van der Waals surface area contributed by atoms with E-state index >= 15 is 0 Å². The zero-order valence-electron chi connectivity index (χ0n) is 16.0. The van der Waals surface area contributed by atoms with Crippen molar-refractivity contribution in [2.24, 2.45) is 5.73 Å². The third kappa shape index (κ3) is 3.95. The first-order chi connectivity index (χ1) is 13.4. The fraction of sp³-hybridized carbons (Fsp3) is 0.450. The van der Waals surface area contributed by atoms with E-state index in [1.165, 1.54) is 4.90 Å². The monoisotopic (exact) mass is 388 g/mol. The van der Waals surface area contributed by atoms with Gasteiger partial charge in [0.1, 0.15) is 17.4 Å². The van der Waals surface area contributed by atoms with Gasteiger partial charge in [0, 0.05) is 17.5 Å². The summed E-state index contributed by atoms with van der Waals surface area (Å²) in [4.78, 5) is 37.8. The van der Waals surface area contributed by atoms with Gasteiger partial charge in [0.15, 0.2) is 6.61 Å². The number of furan rings is 1. The predicted octanol–water partition coefficient (Wildman–Crippen LogP) is 2.16. The molecule has 0 radical (unpaired) electrons. The molecular formula is C20H24N2O6. The maximum Gasteiger partial charge on any atom is 0.375 e. The first-order valence-corrected chi connectivity index (χ1v) is 9.34. The molecule has 1 aromatic heterocycles. The molecule has 1 aromatic carbocycles. The summed E-state index contributed by atoms with van der Waals surface area (Å²) in [6.45, 7) is 4.12. The van der Waals surface area contributed by atoms with E-state index in [4.69, 9.17) is 19.6 Å². The first-order valence-electron chi connectivity index (χ1n) is 9.34. The van der Waals surface area contributed by atoms with E-state index in [1.807, 2.05) is 6.92 Å². The molecule has 3 rings (SSSR count). The van der Waals surface area contributed by atoms with Gasteiger partial charge >= 0.3 is 5.97 Å². The Labute approximate surface area is 162 Å². The van der Waals surface area contributed by atoms with E-state index in [-0.39, 0.29) is 5.76 Å². The number of esters is 1. The van der Waals surface area contributed by atoms with E-state index in [2.05, 4.69) is 0 Å². The van der Waals surface area contributed by atoms with Gasteiger partial charge in [-0.2, -0.15) is 0 Å². The van der Waals surface area contributed by atoms with E-state index in [0.717, 1.165) is 18.2 Å². The maximum absolute atomic E-state index is 12.4. The molecule has 0 bridgehead atoms. The number of amides is 2. The van der Waals surface area contributed by atoms with Crippen LogP contribution in [0.4, 0.5) is 0 Å². The number of fused-ring (bicyclic) bond motifs is 1. The van der Waals surface area contributed by atoms with Crippen LogP contribution in [0.1, 0.15) is 42.3 Å². The highest BCUT2D eigenvalue weighted by atomic mass is 16.5. The van der Waals surface area contributed by atoms with Crippen LogP contribution in [0.5, 0.6) is 5.75 Å². The van der Waals surface area contributed by atoms with Crippen LogP contribution >= 0.6 is 0 Å². The molecular weight excluding hydrogens is 364 g/mol. The normalized spacial score (nSPS) is 16.8. The quantitative estimate of drug-likeness (QED) is 0.759. The Hall–Kier alpha value is -3.03. The van der Waals surface area contributed by atoms with Crippen molar-refractivity contribution < 1.29 is 28.3 Å². The first kappa shape index (κ1) is 19.7. The van der Waals surface area contributed by atoms with Gasteiger partial charge in [-0.05, 0) is 51.3 Å². The molecule has 0 aliphatic carbocycles. The number of ether oxygens (including phenoxy) is 2. The number of piperidine rings is 1. The Kier molecular flexibility index (Phi) is 5.87. The highest BCUT2D eigenvalue weighted by Gasteiger charge is 2.31. The summed E-state index contributed by atoms with van der Waals surface area (Å²) in [6.07, 6.45) is 2.15. The molecule has 2 heterocycles. The van der Waals surface area contributed by atoms with Crippen LogP contribution < -0.4 is 10.5 Å². The minimum atomic E-state index is -0.729. The lowest BCUT2D eigenvalue weighted by Gasteiger charge is -2.33. The van der Waals surface area contributed by atoms with Crippen molar-refractivity contribution in [3.63, 3.8) is 0 Å². The molecule has 150 valence electrons. The number of nitrogens with zero attached hydrogens (tertiary/aromatic N) is 1. The van der Waals surface area contributed by atoms with Crippen molar-refractivity contribution in [2.75, 3.05) is 19.8 Å². The van der Waals surface area contributed by atoms with Crippen LogP contribution in [0.25, 0.3) is 11.0 Å². The average molecular weight is 388 g/mol. The van der Waals surface area contributed by atoms with Crippen molar-refractivity contribution in [2.45, 2.75) is 39.2 Å². The van der Waals surface area contributed by atoms with Crippen LogP contribution in [0.15, 0.2) is 22.6 Å². The number of rotatable bonds is 6. The largest absolute Gasteiger partial charge is 0.494 e. The fourth-order valence-corrected chi connectivity index (χ4v) is 3.45. The molecule has 1 aliphatic rings. The molecule has 1 saturated heterocycles. The second-order valence-electron chi connectivity index (χ2n) is 6.72. The topological polar surface area (TPSA) is 112 Å². The van der Waals surface area contributed by atoms with E-state index < -0.39 is 30.4 Å². The van der Waals surface area contributed by atoms with E-state index in [1.54, 1.807) is 25.1 Å². The summed E-state index contributed by atoms with van der Waals surface area (Å²) in [5, 5.41) is 0.744. The second-order valence-corrected chi connectivity index (χ2v) is 6.72. The van der Waals surface area contributed by atoms with Crippen molar-refractivity contribution in [3.8, 4) is 5.75 Å². The second kappa shape index (κ2) is 8.33. The summed E-state index contributed by atoms with van der Waals surface area (Å²) in [7, 11) is 0. The molecule has 1 aliphatic heterocycles. The highest BCUT2D eigenvalue weighted by molar-refractivity contribution is 5.97. The van der Waals surface area contributed by atoms with Gasteiger partial charge in [-0.15, -0.1) is 0 Å². The van der Waals surface area contributed by atoms with Gasteiger partial charge in [0.2, 0.25) is 11.7 Å². The number of nitrogens with two attached hydrogens (primary N) is 1. The molecule has 28 heavy (non-hydrogen) atoms. The number of aryl methyl sites for hydroxylation is 1. The number of primary amides is 1. The third-order valence-corrected chi connectivity index (χ3v) is 4.88. The summed E-state index contributed by atoms with van der Waals surface area (Å²) < 4.78 is 16.2. The standard InChI is InChI=1S/C20H24N2O6/c1-3-26-13-7-8-16-14(10-13)12(2)18(28-16)20(25)27-11-17(23)22-9-5-4-6-15(22)19(21)24/h7-8,10,15H,3-6,9,11H2,1-2H3,(H2,21,24)/t15-/m0/s1. The van der Waals surface area contributed by atoms with Gasteiger partial charge in [0.25, 0.3) is 5.91 Å². The maximum atomic E-state index is 12.4. The van der Waals surface area contributed by atoms with Gasteiger partial charge < -0.3 is 24.5 Å². The number of hydrogen-bond donors (Lipinski definition) is 1. The van der Waals surface area contributed by atoms with Crippen molar-refractivity contribution in [1.29, 1.82) is 0 Å². The van der Waals surface area contributed by atoms with Crippen LogP contribution in [0, 0.1) is 6.92 Å². The van der Waals surface area contributed by atoms with Crippen LogP contribution in [-0.4, -0.2) is 48.5 Å². The number of benzene rings is 1. The van der Waals surface area contributed by atoms with E-state index in [0.29, 0.717) is 36.5 Å². The molecule has 2 amide bonds. The van der Waals surface area contributed by atoms with Gasteiger partial charge in [-0.25, -0.2) is 4.79 Å². The fourth-order valence-electron chi connectivity index (χ4n) is 3.45. The summed E-state index contributed by atoms with van der Waals surface area (Å²) >= 11 is 0. The summed E-state index contributed by atoms with van der Waals surface area (Å²) in [6, 6.07) is 4.63. The van der Waals surface area contributed by atoms with Crippen LogP contribution in [0.2, 0.25) is 0 Å². The lowest BCUT2D eigenvalue weighted by atomic mass is 10.0. The Morgan fingerprint density at radius 1 is 1.29 bits per heavy atom. The number of carbonyl (C=O) groups is 3. The van der Waals surface area contributed by atoms with Gasteiger partial charge in [-0.1, -0.05) is 0 Å². The zero-order valence-corrected chi connectivity index (χ0v) is 16.0. The molecule has 1 atom stereocenters. The van der Waals surface area contributed by atoms with E-state index in [9.17, 15) is 14.4 Å². The van der Waals surface area contributed by atoms with Crippen LogP contribution in [0.3, 0.4) is 0 Å². The van der Waals surface area contributed by atoms with Crippen molar-refractivity contribution in [3.05, 3.63) is 29.5 Å². The Morgan fingerprint density at radius 2 is 2.07 bits per heavy atom. The Morgan fingerprint density at radius 3 is 2.79 bits per heavy atom. The average Bonchev–Trinajstić information content (AvgIpc) is 3.02. The predicted molar refractivity (Wildman–Crippen MR) is 101 cm³/mol. The SMILES string of the molecule is CCOc1ccc2oc(C(=O)OCC(=O)N3CCCC[C@H]3C(N)=O)c(C)c2c1. The molecule has 2 N–H and O–H groups in total. The molecule has 0 unspecified atom stereocenters. The Balaban J connectivity index is 1.70. The highest BCUT2D eigenvalue weighted by Crippen LogP contribution is 2.29. The van der Waals surface area contributed by atoms with Crippen molar-refractivity contribution in [1.82, 2.24) is 4.90 Å². The molecule has 8 nitrogen and oxygen atoms in total. The molecule has 0 spiro atoms. The van der Waals surface area contributed by atoms with Crippen LogP contribution in [-0.2, 0) is 14.3 Å². The summed E-state index contributed by atoms with van der Waals surface area (Å²) in [5.41, 5.74) is 6.52. The smallest absolute Gasteiger partial charge is 0.375 e. The van der Waals surface area contributed by atoms with Gasteiger partial charge in [-0.3, -0.25) is 9.59 Å². The summed E-state index contributed by atoms with van der Waals surface area (Å²) in [5.74, 6) is -0.993. The molecule has 1 fully saturated rings. The minimum Gasteiger partial charge on any atom is -0.494 e. The zero-order chi connectivity index (χ0) is 20.3. The van der Waals surface area contributed by atoms with Gasteiger partial charge in [0.05, 0.1) is 6.61 Å². The Bertz CT molecular complexity index is 903. The lowest BCUT2D eigenvalue weighted by Crippen LogP contribution is -2.51. The minimum absolute atomic E-state index is 0.0431. The number of carbonyl (C=O) groups excluding carboxylic acids is 3. The number of hydrogen-bond acceptors (Lipinski definition) is 6. The third-order valence-electron chi connectivity index (χ3n) is 4.88. The lowest BCUT2D eigenvalue weighted by molar-refractivity contribution is -0.143. The van der Waals surface area contributed by atoms with Crippen molar-refractivity contribution >= 4 is 28.8 Å². The number of likely N-dealkylation sites (tertiary alicyclic amines) is 1. The molecule has 0 saturated carbocycles. The molecule has 2 aromatic rings. The molecule has 8 heteroatoms.